The molecule has 6 heteroatoms. The number of rotatable bonds is 4. The molecule has 4 rings (SSSR count). The summed E-state index contributed by atoms with van der Waals surface area (Å²) in [6, 6.07) is 16.0. The summed E-state index contributed by atoms with van der Waals surface area (Å²) < 4.78 is 0. The standard InChI is InChI=1S/C23H27Cl2N3O/c24-20-6-1-4-18(14-20)16-26-9-3-5-19(17-26)23(29)28-12-10-27(11-13-28)22-8-2-7-21(25)15-22/h1-2,4,6-8,14-15,19H,3,5,9-13,16-17H2. The Labute approximate surface area is 183 Å². The molecule has 2 aromatic rings. The van der Waals surface area contributed by atoms with Crippen molar-refractivity contribution in [2.45, 2.75) is 19.4 Å². The van der Waals surface area contributed by atoms with Crippen LogP contribution in [0.4, 0.5) is 5.69 Å². The van der Waals surface area contributed by atoms with Gasteiger partial charge in [-0.15, -0.1) is 0 Å². The van der Waals surface area contributed by atoms with Gasteiger partial charge in [0.2, 0.25) is 5.91 Å². The summed E-state index contributed by atoms with van der Waals surface area (Å²) in [5, 5.41) is 1.52. The maximum Gasteiger partial charge on any atom is 0.227 e. The number of piperidine rings is 1. The van der Waals surface area contributed by atoms with E-state index in [9.17, 15) is 4.79 Å². The molecule has 2 heterocycles. The van der Waals surface area contributed by atoms with E-state index in [1.54, 1.807) is 0 Å². The van der Waals surface area contributed by atoms with Crippen LogP contribution in [0.5, 0.6) is 0 Å². The number of nitrogens with zero attached hydrogens (tertiary/aromatic N) is 3. The Morgan fingerprint density at radius 1 is 0.931 bits per heavy atom. The lowest BCUT2D eigenvalue weighted by Crippen LogP contribution is -2.52. The molecule has 154 valence electrons. The molecule has 0 spiro atoms. The molecule has 0 aromatic heterocycles. The smallest absolute Gasteiger partial charge is 0.227 e. The van der Waals surface area contributed by atoms with Gasteiger partial charge in [-0.05, 0) is 55.3 Å². The number of carbonyl (C=O) groups is 1. The highest BCUT2D eigenvalue weighted by atomic mass is 35.5. The van der Waals surface area contributed by atoms with Gasteiger partial charge in [0.15, 0.2) is 0 Å². The second-order valence-corrected chi connectivity index (χ2v) is 8.87. The van der Waals surface area contributed by atoms with Crippen molar-refractivity contribution in [1.82, 2.24) is 9.80 Å². The van der Waals surface area contributed by atoms with E-state index in [4.69, 9.17) is 23.2 Å². The molecular weight excluding hydrogens is 405 g/mol. The SMILES string of the molecule is O=C(C1CCCN(Cc2cccc(Cl)c2)C1)N1CCN(c2cccc(Cl)c2)CC1. The Kier molecular flexibility index (Phi) is 6.63. The third kappa shape index (κ3) is 5.25. The quantitative estimate of drug-likeness (QED) is 0.709. The van der Waals surface area contributed by atoms with Crippen molar-refractivity contribution < 1.29 is 4.79 Å². The number of hydrogen-bond acceptors (Lipinski definition) is 3. The third-order valence-electron chi connectivity index (χ3n) is 5.91. The van der Waals surface area contributed by atoms with Gasteiger partial charge in [0.1, 0.15) is 0 Å². The maximum atomic E-state index is 13.1. The van der Waals surface area contributed by atoms with Gasteiger partial charge in [-0.25, -0.2) is 0 Å². The molecule has 1 amide bonds. The first kappa shape index (κ1) is 20.5. The summed E-state index contributed by atoms with van der Waals surface area (Å²) in [5.74, 6) is 0.409. The number of piperazine rings is 1. The van der Waals surface area contributed by atoms with Gasteiger partial charge in [0.25, 0.3) is 0 Å². The minimum absolute atomic E-state index is 0.0978. The van der Waals surface area contributed by atoms with Crippen LogP contribution in [0, 0.1) is 5.92 Å². The zero-order chi connectivity index (χ0) is 20.2. The van der Waals surface area contributed by atoms with Gasteiger partial charge >= 0.3 is 0 Å². The van der Waals surface area contributed by atoms with Crippen molar-refractivity contribution in [2.24, 2.45) is 5.92 Å². The highest BCUT2D eigenvalue weighted by Crippen LogP contribution is 2.24. The van der Waals surface area contributed by atoms with Gasteiger partial charge in [-0.3, -0.25) is 9.69 Å². The third-order valence-corrected chi connectivity index (χ3v) is 6.38. The van der Waals surface area contributed by atoms with Crippen LogP contribution in [-0.4, -0.2) is 55.0 Å². The van der Waals surface area contributed by atoms with Crippen molar-refractivity contribution in [3.05, 3.63) is 64.1 Å². The predicted octanol–water partition coefficient (Wildman–Crippen LogP) is 4.55. The van der Waals surface area contributed by atoms with Crippen molar-refractivity contribution in [3.8, 4) is 0 Å². The highest BCUT2D eigenvalue weighted by molar-refractivity contribution is 6.31. The van der Waals surface area contributed by atoms with E-state index in [1.165, 1.54) is 5.56 Å². The molecule has 29 heavy (non-hydrogen) atoms. The number of amides is 1. The molecule has 2 aromatic carbocycles. The molecule has 1 unspecified atom stereocenters. The van der Waals surface area contributed by atoms with E-state index in [2.05, 4.69) is 26.8 Å². The van der Waals surface area contributed by atoms with Crippen LogP contribution in [0.3, 0.4) is 0 Å². The van der Waals surface area contributed by atoms with Crippen LogP contribution in [0.25, 0.3) is 0 Å². The molecule has 0 radical (unpaired) electrons. The van der Waals surface area contributed by atoms with Crippen LogP contribution in [0.15, 0.2) is 48.5 Å². The Balaban J connectivity index is 1.31. The fourth-order valence-corrected chi connectivity index (χ4v) is 4.81. The predicted molar refractivity (Wildman–Crippen MR) is 120 cm³/mol. The average Bonchev–Trinajstić information content (AvgIpc) is 2.74. The Morgan fingerprint density at radius 2 is 1.66 bits per heavy atom. The summed E-state index contributed by atoms with van der Waals surface area (Å²) in [7, 11) is 0. The molecule has 0 N–H and O–H groups in total. The molecule has 0 saturated carbocycles. The molecule has 1 atom stereocenters. The lowest BCUT2D eigenvalue weighted by atomic mass is 9.95. The Hall–Kier alpha value is -1.75. The summed E-state index contributed by atoms with van der Waals surface area (Å²) in [6.07, 6.45) is 2.05. The van der Waals surface area contributed by atoms with Crippen LogP contribution in [0.2, 0.25) is 10.0 Å². The summed E-state index contributed by atoms with van der Waals surface area (Å²) in [4.78, 5) is 19.9. The molecule has 2 saturated heterocycles. The van der Waals surface area contributed by atoms with Crippen LogP contribution in [-0.2, 0) is 11.3 Å². The van der Waals surface area contributed by atoms with Gasteiger partial charge in [0.05, 0.1) is 5.92 Å². The van der Waals surface area contributed by atoms with Gasteiger partial charge in [0, 0.05) is 55.0 Å². The number of halogens is 2. The number of anilines is 1. The monoisotopic (exact) mass is 431 g/mol. The summed E-state index contributed by atoms with van der Waals surface area (Å²) in [5.41, 5.74) is 2.34. The first-order valence-corrected chi connectivity index (χ1v) is 11.1. The largest absolute Gasteiger partial charge is 0.368 e. The fraction of sp³-hybridized carbons (Fsp3) is 0.435. The molecule has 2 aliphatic heterocycles. The van der Waals surface area contributed by atoms with Crippen LogP contribution < -0.4 is 4.90 Å². The van der Waals surface area contributed by atoms with Crippen molar-refractivity contribution in [1.29, 1.82) is 0 Å². The van der Waals surface area contributed by atoms with Gasteiger partial charge < -0.3 is 9.80 Å². The van der Waals surface area contributed by atoms with E-state index < -0.39 is 0 Å². The van der Waals surface area contributed by atoms with Crippen molar-refractivity contribution in [3.63, 3.8) is 0 Å². The van der Waals surface area contributed by atoms with Gasteiger partial charge in [-0.2, -0.15) is 0 Å². The first-order chi connectivity index (χ1) is 14.1. The molecule has 2 aliphatic rings. The maximum absolute atomic E-state index is 13.1. The highest BCUT2D eigenvalue weighted by Gasteiger charge is 2.31. The zero-order valence-electron chi connectivity index (χ0n) is 16.6. The van der Waals surface area contributed by atoms with Crippen LogP contribution >= 0.6 is 23.2 Å². The van der Waals surface area contributed by atoms with Gasteiger partial charge in [-0.1, -0.05) is 41.4 Å². The molecule has 0 bridgehead atoms. The number of carbonyl (C=O) groups excluding carboxylic acids is 1. The fourth-order valence-electron chi connectivity index (χ4n) is 4.41. The topological polar surface area (TPSA) is 26.8 Å². The zero-order valence-corrected chi connectivity index (χ0v) is 18.1. The van der Waals surface area contributed by atoms with Crippen molar-refractivity contribution >= 4 is 34.8 Å². The molecule has 0 aliphatic carbocycles. The second-order valence-electron chi connectivity index (χ2n) is 8.00. The minimum Gasteiger partial charge on any atom is -0.368 e. The molecule has 2 fully saturated rings. The second kappa shape index (κ2) is 9.38. The van der Waals surface area contributed by atoms with E-state index in [0.717, 1.165) is 74.4 Å². The first-order valence-electron chi connectivity index (χ1n) is 10.3. The molecule has 4 nitrogen and oxygen atoms in total. The minimum atomic E-state index is 0.0978. The number of benzene rings is 2. The molecular formula is C23H27Cl2N3O. The van der Waals surface area contributed by atoms with Crippen LogP contribution in [0.1, 0.15) is 18.4 Å². The average molecular weight is 432 g/mol. The Morgan fingerprint density at radius 3 is 2.38 bits per heavy atom. The van der Waals surface area contributed by atoms with E-state index in [-0.39, 0.29) is 5.92 Å². The lowest BCUT2D eigenvalue weighted by molar-refractivity contribution is -0.137. The lowest BCUT2D eigenvalue weighted by Gasteiger charge is -2.39. The summed E-state index contributed by atoms with van der Waals surface area (Å²) in [6.45, 7) is 5.98. The number of likely N-dealkylation sites (tertiary alicyclic amines) is 1. The van der Waals surface area contributed by atoms with E-state index in [0.29, 0.717) is 5.91 Å². The van der Waals surface area contributed by atoms with Crippen molar-refractivity contribution in [2.75, 3.05) is 44.2 Å². The number of hydrogen-bond donors (Lipinski definition) is 0. The van der Waals surface area contributed by atoms with E-state index >= 15 is 0 Å². The normalized spacial score (nSPS) is 20.7. The Bertz CT molecular complexity index is 852. The van der Waals surface area contributed by atoms with E-state index in [1.807, 2.05) is 36.4 Å². The summed E-state index contributed by atoms with van der Waals surface area (Å²) >= 11 is 12.2.